The lowest BCUT2D eigenvalue weighted by molar-refractivity contribution is 0.686. The Morgan fingerprint density at radius 1 is 0.645 bits per heavy atom. The van der Waals surface area contributed by atoms with E-state index >= 15 is 0 Å². The van der Waals surface area contributed by atoms with Gasteiger partial charge in [0.05, 0.1) is 0 Å². The molecular formula is C21H19Br5OS4. The monoisotopic (exact) mass is 810 g/mol. The summed E-state index contributed by atoms with van der Waals surface area (Å²) in [5.74, 6) is 0. The fourth-order valence-corrected chi connectivity index (χ4v) is 8.03. The number of hydrogen-bond donors (Lipinski definition) is 1. The van der Waals surface area contributed by atoms with Crippen LogP contribution >= 0.6 is 116 Å². The Hall–Kier alpha value is 1.26. The van der Waals surface area contributed by atoms with E-state index in [1.54, 1.807) is 29.8 Å². The highest BCUT2D eigenvalue weighted by Gasteiger charge is 2.01. The van der Waals surface area contributed by atoms with E-state index in [0.717, 1.165) is 37.1 Å². The van der Waals surface area contributed by atoms with Gasteiger partial charge in [-0.15, -0.1) is 36.2 Å². The molecule has 0 radical (unpaired) electrons. The lowest BCUT2D eigenvalue weighted by atomic mass is 10.4. The second kappa shape index (κ2) is 16.0. The van der Waals surface area contributed by atoms with Crippen LogP contribution in [0.3, 0.4) is 0 Å². The lowest BCUT2D eigenvalue weighted by Crippen LogP contribution is -1.87. The summed E-state index contributed by atoms with van der Waals surface area (Å²) < 4.78 is 16.4. The van der Waals surface area contributed by atoms with Crippen LogP contribution in [0.25, 0.3) is 0 Å². The van der Waals surface area contributed by atoms with Gasteiger partial charge in [-0.3, -0.25) is 4.21 Å². The topological polar surface area (TPSA) is 17.1 Å². The molecule has 0 N–H and O–H groups in total. The van der Waals surface area contributed by atoms with Crippen LogP contribution in [0, 0.1) is 0 Å². The standard InChI is InChI=1S/C8H9BrOS2.C7H7BrS2.C6H3Br3/c1-11-7-3-6(9)4-8(5-7)12(2)10;1-10-7-3-5(8)2-6(9)4-7;7-4-1-5(8)3-6(9)2-4/h3-5H,1-2H3;2-4,9H,1H3;1-3H. The Labute approximate surface area is 243 Å². The van der Waals surface area contributed by atoms with Crippen molar-refractivity contribution in [3.63, 3.8) is 0 Å². The van der Waals surface area contributed by atoms with Gasteiger partial charge in [0, 0.05) is 59.0 Å². The van der Waals surface area contributed by atoms with Crippen molar-refractivity contribution in [2.24, 2.45) is 0 Å². The molecule has 1 atom stereocenters. The molecule has 0 saturated carbocycles. The predicted octanol–water partition coefficient (Wildman–Crippen LogP) is 10.3. The van der Waals surface area contributed by atoms with Crippen LogP contribution in [-0.2, 0) is 10.8 Å². The zero-order valence-corrected chi connectivity index (χ0v) is 27.9. The van der Waals surface area contributed by atoms with Crippen molar-refractivity contribution in [3.8, 4) is 0 Å². The third-order valence-electron chi connectivity index (χ3n) is 3.33. The third kappa shape index (κ3) is 13.1. The van der Waals surface area contributed by atoms with E-state index in [4.69, 9.17) is 0 Å². The molecule has 0 aromatic heterocycles. The highest BCUT2D eigenvalue weighted by atomic mass is 79.9. The van der Waals surface area contributed by atoms with Crippen LogP contribution < -0.4 is 0 Å². The molecule has 3 aromatic carbocycles. The number of thiol groups is 1. The summed E-state index contributed by atoms with van der Waals surface area (Å²) in [6.07, 6.45) is 5.74. The zero-order chi connectivity index (χ0) is 23.6. The van der Waals surface area contributed by atoms with Gasteiger partial charge in [0.15, 0.2) is 0 Å². The minimum Gasteiger partial charge on any atom is -0.255 e. The molecule has 0 bridgehead atoms. The Morgan fingerprint density at radius 3 is 1.42 bits per heavy atom. The van der Waals surface area contributed by atoms with Crippen molar-refractivity contribution in [2.45, 2.75) is 19.6 Å². The first-order valence-corrected chi connectivity index (χ1v) is 16.8. The second-order valence-electron chi connectivity index (χ2n) is 5.72. The van der Waals surface area contributed by atoms with Crippen LogP contribution in [-0.4, -0.2) is 23.0 Å². The molecule has 3 rings (SSSR count). The molecule has 31 heavy (non-hydrogen) atoms. The van der Waals surface area contributed by atoms with Gasteiger partial charge in [-0.1, -0.05) is 79.6 Å². The third-order valence-corrected chi connectivity index (χ3v) is 8.19. The van der Waals surface area contributed by atoms with Gasteiger partial charge in [0.2, 0.25) is 0 Å². The molecule has 0 aliphatic rings. The van der Waals surface area contributed by atoms with Gasteiger partial charge in [0.1, 0.15) is 0 Å². The van der Waals surface area contributed by atoms with E-state index < -0.39 is 10.8 Å². The summed E-state index contributed by atoms with van der Waals surface area (Å²) in [4.78, 5) is 4.24. The highest BCUT2D eigenvalue weighted by molar-refractivity contribution is 9.11. The maximum Gasteiger partial charge on any atom is 0.0498 e. The van der Waals surface area contributed by atoms with E-state index in [2.05, 4.69) is 105 Å². The Balaban J connectivity index is 0.000000235. The van der Waals surface area contributed by atoms with Crippen molar-refractivity contribution in [1.82, 2.24) is 0 Å². The Morgan fingerprint density at radius 2 is 1.03 bits per heavy atom. The normalized spacial score (nSPS) is 11.0. The van der Waals surface area contributed by atoms with Crippen LogP contribution in [0.4, 0.5) is 0 Å². The van der Waals surface area contributed by atoms with Crippen molar-refractivity contribution >= 4 is 127 Å². The van der Waals surface area contributed by atoms with E-state index in [1.807, 2.05) is 54.8 Å². The maximum absolute atomic E-state index is 11.1. The van der Waals surface area contributed by atoms with Gasteiger partial charge >= 0.3 is 0 Å². The number of halogens is 5. The van der Waals surface area contributed by atoms with Crippen LogP contribution in [0.5, 0.6) is 0 Å². The van der Waals surface area contributed by atoms with Gasteiger partial charge < -0.3 is 0 Å². The van der Waals surface area contributed by atoms with Crippen LogP contribution in [0.1, 0.15) is 0 Å². The molecule has 168 valence electrons. The molecule has 0 spiro atoms. The summed E-state index contributed by atoms with van der Waals surface area (Å²) in [5.41, 5.74) is 0. The number of hydrogen-bond acceptors (Lipinski definition) is 4. The Kier molecular flexibility index (Phi) is 15.7. The molecule has 10 heteroatoms. The fourth-order valence-electron chi connectivity index (χ4n) is 2.01. The van der Waals surface area contributed by atoms with E-state index in [-0.39, 0.29) is 0 Å². The first-order valence-electron chi connectivity index (χ1n) is 8.37. The van der Waals surface area contributed by atoms with E-state index in [9.17, 15) is 4.21 Å². The van der Waals surface area contributed by atoms with Gasteiger partial charge in [0.25, 0.3) is 0 Å². The summed E-state index contributed by atoms with van der Waals surface area (Å²) in [6.45, 7) is 0. The fraction of sp³-hybridized carbons (Fsp3) is 0.143. The van der Waals surface area contributed by atoms with Crippen molar-refractivity contribution in [3.05, 3.63) is 77.0 Å². The smallest absolute Gasteiger partial charge is 0.0498 e. The molecule has 0 aliphatic heterocycles. The molecule has 3 aromatic rings. The summed E-state index contributed by atoms with van der Waals surface area (Å²) in [7, 11) is -0.894. The molecular weight excluding hydrogens is 796 g/mol. The minimum atomic E-state index is -0.894. The lowest BCUT2D eigenvalue weighted by Gasteiger charge is -2.01. The first kappa shape index (κ1) is 30.3. The summed E-state index contributed by atoms with van der Waals surface area (Å²) in [5, 5.41) is 0. The molecule has 1 nitrogen and oxygen atoms in total. The molecule has 0 fully saturated rings. The first-order chi connectivity index (χ1) is 14.5. The molecule has 0 heterocycles. The highest BCUT2D eigenvalue weighted by Crippen LogP contribution is 2.25. The van der Waals surface area contributed by atoms with Crippen LogP contribution in [0.15, 0.2) is 96.5 Å². The number of thioether (sulfide) groups is 2. The largest absolute Gasteiger partial charge is 0.255 e. The average Bonchev–Trinajstić information content (AvgIpc) is 2.66. The zero-order valence-electron chi connectivity index (χ0n) is 16.7. The molecule has 0 aliphatic carbocycles. The Bertz CT molecular complexity index is 960. The van der Waals surface area contributed by atoms with Gasteiger partial charge in [-0.25, -0.2) is 0 Å². The number of benzene rings is 3. The quantitative estimate of drug-likeness (QED) is 0.210. The average molecular weight is 815 g/mol. The molecule has 0 saturated heterocycles. The van der Waals surface area contributed by atoms with Gasteiger partial charge in [-0.2, -0.15) is 0 Å². The second-order valence-corrected chi connectivity index (χ2v) is 14.0. The van der Waals surface area contributed by atoms with Crippen molar-refractivity contribution < 1.29 is 4.21 Å². The predicted molar refractivity (Wildman–Crippen MR) is 161 cm³/mol. The summed E-state index contributed by atoms with van der Waals surface area (Å²) >= 11 is 24.4. The maximum atomic E-state index is 11.1. The van der Waals surface area contributed by atoms with E-state index in [1.165, 1.54) is 4.90 Å². The minimum absolute atomic E-state index is 0.869. The molecule has 0 amide bonds. The van der Waals surface area contributed by atoms with Crippen LogP contribution in [0.2, 0.25) is 0 Å². The SMILES string of the molecule is Brc1cc(Br)cc(Br)c1.CSc1cc(Br)cc(S(C)=O)c1.CSc1cc(S)cc(Br)c1. The van der Waals surface area contributed by atoms with Crippen molar-refractivity contribution in [1.29, 1.82) is 0 Å². The summed E-state index contributed by atoms with van der Waals surface area (Å²) in [6, 6.07) is 17.9. The number of rotatable bonds is 3. The van der Waals surface area contributed by atoms with E-state index in [0.29, 0.717) is 0 Å². The van der Waals surface area contributed by atoms with Crippen molar-refractivity contribution in [2.75, 3.05) is 18.8 Å². The molecule has 1 unspecified atom stereocenters. The van der Waals surface area contributed by atoms with Gasteiger partial charge in [-0.05, 0) is 67.1 Å².